The number of hydrogen-bond donors (Lipinski definition) is 3. The Morgan fingerprint density at radius 1 is 0.868 bits per heavy atom. The fourth-order valence-electron chi connectivity index (χ4n) is 4.17. The largest absolute Gasteiger partial charge is 0.505 e. The fourth-order valence-corrected chi connectivity index (χ4v) is 4.17. The van der Waals surface area contributed by atoms with E-state index in [9.17, 15) is 33.0 Å². The van der Waals surface area contributed by atoms with Gasteiger partial charge in [0, 0.05) is 16.8 Å². The van der Waals surface area contributed by atoms with Gasteiger partial charge in [-0.1, -0.05) is 42.5 Å². The number of nitrogens with zero attached hydrogens (tertiary/aromatic N) is 2. The summed E-state index contributed by atoms with van der Waals surface area (Å²) >= 11 is 0. The molecule has 3 N–H and O–H groups in total. The maximum absolute atomic E-state index is 13.4. The molecule has 1 amide bonds. The zero-order valence-corrected chi connectivity index (χ0v) is 19.4. The molecule has 4 aromatic rings. The molecule has 0 aromatic heterocycles. The van der Waals surface area contributed by atoms with E-state index in [1.54, 1.807) is 48.5 Å². The lowest BCUT2D eigenvalue weighted by molar-refractivity contribution is -0.137. The molecule has 0 unspecified atom stereocenters. The maximum atomic E-state index is 13.4. The quantitative estimate of drug-likeness (QED) is 0.214. The number of carboxylic acid groups (broad SMARTS) is 1. The van der Waals surface area contributed by atoms with E-state index in [1.165, 1.54) is 35.2 Å². The topological polar surface area (TPSA) is 102 Å². The Bertz CT molecular complexity index is 1600. The molecule has 190 valence electrons. The molecule has 5 rings (SSSR count). The third-order valence-electron chi connectivity index (χ3n) is 6.00. The molecule has 7 nitrogen and oxygen atoms in total. The molecule has 1 aliphatic heterocycles. The Kier molecular flexibility index (Phi) is 6.08. The second kappa shape index (κ2) is 9.40. The van der Waals surface area contributed by atoms with Crippen LogP contribution >= 0.6 is 0 Å². The van der Waals surface area contributed by atoms with E-state index >= 15 is 0 Å². The van der Waals surface area contributed by atoms with Crippen LogP contribution in [-0.2, 0) is 11.0 Å². The number of aromatic carboxylic acids is 1. The number of carbonyl (C=O) groups is 2. The number of aromatic hydroxyl groups is 1. The standard InChI is InChI=1S/C28H18F3N3O4/c29-28(30,31)18-11-13-19(14-12-18)34-23-10-2-1-7-21(23)24(26(34)36)33-32-22-9-4-8-20(25(22)35)16-5-3-6-17(15-16)27(37)38/h1-15,32,35H,(H,37,38). The normalized spacial score (nSPS) is 14.0. The number of anilines is 3. The van der Waals surface area contributed by atoms with Gasteiger partial charge in [0.05, 0.1) is 22.5 Å². The Balaban J connectivity index is 1.48. The summed E-state index contributed by atoms with van der Waals surface area (Å²) in [5, 5.41) is 24.4. The van der Waals surface area contributed by atoms with Crippen LogP contribution in [0.3, 0.4) is 0 Å². The van der Waals surface area contributed by atoms with Crippen molar-refractivity contribution in [3.63, 3.8) is 0 Å². The van der Waals surface area contributed by atoms with E-state index in [2.05, 4.69) is 10.5 Å². The van der Waals surface area contributed by atoms with Crippen molar-refractivity contribution in [3.8, 4) is 16.9 Å². The first kappa shape index (κ1) is 24.6. The van der Waals surface area contributed by atoms with Crippen LogP contribution in [0.2, 0.25) is 0 Å². The first-order valence-corrected chi connectivity index (χ1v) is 11.3. The van der Waals surface area contributed by atoms with Gasteiger partial charge in [-0.2, -0.15) is 18.3 Å². The fraction of sp³-hybridized carbons (Fsp3) is 0.0357. The first-order chi connectivity index (χ1) is 18.1. The number of hydrazone groups is 1. The van der Waals surface area contributed by atoms with Crippen molar-refractivity contribution in [1.82, 2.24) is 0 Å². The lowest BCUT2D eigenvalue weighted by Crippen LogP contribution is -2.26. The number of hydrogen-bond acceptors (Lipinski definition) is 5. The molecule has 38 heavy (non-hydrogen) atoms. The number of phenols is 1. The molecular weight excluding hydrogens is 499 g/mol. The zero-order chi connectivity index (χ0) is 27.0. The number of rotatable bonds is 5. The van der Waals surface area contributed by atoms with Gasteiger partial charge in [-0.15, -0.1) is 0 Å². The average molecular weight is 517 g/mol. The maximum Gasteiger partial charge on any atom is 0.416 e. The second-order valence-electron chi connectivity index (χ2n) is 8.36. The highest BCUT2D eigenvalue weighted by Gasteiger charge is 2.36. The summed E-state index contributed by atoms with van der Waals surface area (Å²) in [5.74, 6) is -1.89. The molecule has 10 heteroatoms. The predicted molar refractivity (Wildman–Crippen MR) is 136 cm³/mol. The molecule has 1 aliphatic rings. The molecule has 1 heterocycles. The van der Waals surface area contributed by atoms with E-state index in [-0.39, 0.29) is 28.4 Å². The van der Waals surface area contributed by atoms with Crippen molar-refractivity contribution >= 4 is 34.7 Å². The van der Waals surface area contributed by atoms with Crippen LogP contribution in [-0.4, -0.2) is 27.8 Å². The minimum absolute atomic E-state index is 0.00169. The molecule has 0 spiro atoms. The Morgan fingerprint density at radius 2 is 1.55 bits per heavy atom. The third-order valence-corrected chi connectivity index (χ3v) is 6.00. The van der Waals surface area contributed by atoms with Crippen LogP contribution < -0.4 is 10.3 Å². The second-order valence-corrected chi connectivity index (χ2v) is 8.36. The van der Waals surface area contributed by atoms with Crippen molar-refractivity contribution < 1.29 is 33.0 Å². The summed E-state index contributed by atoms with van der Waals surface area (Å²) in [4.78, 5) is 26.0. The van der Waals surface area contributed by atoms with Crippen LogP contribution in [0.1, 0.15) is 21.5 Å². The van der Waals surface area contributed by atoms with Gasteiger partial charge in [0.25, 0.3) is 5.91 Å². The van der Waals surface area contributed by atoms with Crippen LogP contribution in [0.4, 0.5) is 30.2 Å². The van der Waals surface area contributed by atoms with Gasteiger partial charge < -0.3 is 10.2 Å². The lowest BCUT2D eigenvalue weighted by atomic mass is 10.0. The number of phenolic OH excluding ortho intramolecular Hbond substituents is 1. The van der Waals surface area contributed by atoms with Gasteiger partial charge >= 0.3 is 12.1 Å². The highest BCUT2D eigenvalue weighted by molar-refractivity contribution is 6.55. The van der Waals surface area contributed by atoms with Crippen molar-refractivity contribution in [1.29, 1.82) is 0 Å². The minimum Gasteiger partial charge on any atom is -0.505 e. The number of benzene rings is 4. The highest BCUT2D eigenvalue weighted by atomic mass is 19.4. The summed E-state index contributed by atoms with van der Waals surface area (Å²) in [6.07, 6.45) is -4.51. The first-order valence-electron chi connectivity index (χ1n) is 11.3. The number of halogens is 3. The Hall–Kier alpha value is -5.12. The SMILES string of the molecule is O=C(O)c1cccc(-c2cccc(NN=C3C(=O)N(c4ccc(C(F)(F)F)cc4)c4ccccc43)c2O)c1. The van der Waals surface area contributed by atoms with Gasteiger partial charge in [0.1, 0.15) is 5.75 Å². The molecule has 4 aromatic carbocycles. The number of amides is 1. The molecule has 0 saturated heterocycles. The van der Waals surface area contributed by atoms with Crippen molar-refractivity contribution in [3.05, 3.63) is 108 Å². The van der Waals surface area contributed by atoms with Crippen LogP contribution in [0.15, 0.2) is 96.1 Å². The van der Waals surface area contributed by atoms with Gasteiger partial charge in [-0.25, -0.2) is 4.79 Å². The number of alkyl halides is 3. The van der Waals surface area contributed by atoms with Gasteiger partial charge in [0.2, 0.25) is 0 Å². The van der Waals surface area contributed by atoms with Crippen LogP contribution in [0.25, 0.3) is 11.1 Å². The van der Waals surface area contributed by atoms with Crippen molar-refractivity contribution in [2.45, 2.75) is 6.18 Å². The Labute approximate surface area is 214 Å². The van der Waals surface area contributed by atoms with E-state index in [4.69, 9.17) is 0 Å². The smallest absolute Gasteiger partial charge is 0.416 e. The molecule has 0 fully saturated rings. The van der Waals surface area contributed by atoms with E-state index in [0.717, 1.165) is 12.1 Å². The summed E-state index contributed by atoms with van der Waals surface area (Å²) in [6.45, 7) is 0. The number of fused-ring (bicyclic) bond motifs is 1. The van der Waals surface area contributed by atoms with Gasteiger partial charge in [-0.05, 0) is 54.1 Å². The average Bonchev–Trinajstić information content (AvgIpc) is 3.18. The number of nitrogens with one attached hydrogen (secondary N) is 1. The third kappa shape index (κ3) is 4.43. The lowest BCUT2D eigenvalue weighted by Gasteiger charge is -2.17. The van der Waals surface area contributed by atoms with Crippen molar-refractivity contribution in [2.75, 3.05) is 10.3 Å². The molecular formula is C28H18F3N3O4. The van der Waals surface area contributed by atoms with E-state index in [1.807, 2.05) is 0 Å². The number of carboxylic acids is 1. The summed E-state index contributed by atoms with van der Waals surface area (Å²) in [6, 6.07) is 21.8. The molecule has 0 aliphatic carbocycles. The predicted octanol–water partition coefficient (Wildman–Crippen LogP) is 6.27. The summed E-state index contributed by atoms with van der Waals surface area (Å²) < 4.78 is 39.0. The van der Waals surface area contributed by atoms with Gasteiger partial charge in [-0.3, -0.25) is 15.1 Å². The summed E-state index contributed by atoms with van der Waals surface area (Å²) in [5.41, 5.74) is 4.04. The molecule has 0 bridgehead atoms. The van der Waals surface area contributed by atoms with E-state index < -0.39 is 23.6 Å². The van der Waals surface area contributed by atoms with Gasteiger partial charge in [0.15, 0.2) is 5.71 Å². The Morgan fingerprint density at radius 3 is 2.26 bits per heavy atom. The van der Waals surface area contributed by atoms with E-state index in [0.29, 0.717) is 22.4 Å². The zero-order valence-electron chi connectivity index (χ0n) is 19.4. The molecule has 0 radical (unpaired) electrons. The highest BCUT2D eigenvalue weighted by Crippen LogP contribution is 2.39. The molecule has 0 atom stereocenters. The van der Waals surface area contributed by atoms with Crippen LogP contribution in [0, 0.1) is 0 Å². The van der Waals surface area contributed by atoms with Crippen molar-refractivity contribution in [2.24, 2.45) is 5.10 Å². The monoisotopic (exact) mass is 517 g/mol. The molecule has 0 saturated carbocycles. The number of carbonyl (C=O) groups excluding carboxylic acids is 1. The number of para-hydroxylation sites is 2. The summed E-state index contributed by atoms with van der Waals surface area (Å²) in [7, 11) is 0. The minimum atomic E-state index is -4.51. The van der Waals surface area contributed by atoms with Crippen LogP contribution in [0.5, 0.6) is 5.75 Å².